The number of Topliss-reactive ketones (excluding diaryl/α,β-unsaturated/α-hetero) is 1. The van der Waals surface area contributed by atoms with E-state index in [1.807, 2.05) is 24.3 Å². The van der Waals surface area contributed by atoms with Crippen molar-refractivity contribution < 1.29 is 14.0 Å². The van der Waals surface area contributed by atoms with E-state index in [1.165, 1.54) is 18.7 Å². The number of anilines is 1. The third kappa shape index (κ3) is 3.78. The number of benzene rings is 2. The average Bonchev–Trinajstić information content (AvgIpc) is 2.96. The summed E-state index contributed by atoms with van der Waals surface area (Å²) in [7, 11) is 0. The molecule has 0 fully saturated rings. The molecule has 0 aliphatic heterocycles. The van der Waals surface area contributed by atoms with Gasteiger partial charge in [-0.1, -0.05) is 36.0 Å². The summed E-state index contributed by atoms with van der Waals surface area (Å²) in [5.41, 5.74) is 2.63. The first-order chi connectivity index (χ1) is 11.1. The summed E-state index contributed by atoms with van der Waals surface area (Å²) in [6, 6.07) is 14.3. The molecule has 0 saturated heterocycles. The number of para-hydroxylation sites is 2. The fourth-order valence-corrected chi connectivity index (χ4v) is 2.69. The zero-order chi connectivity index (χ0) is 16.2. The molecule has 1 aromatic heterocycles. The number of amides is 1. The van der Waals surface area contributed by atoms with Crippen LogP contribution in [-0.4, -0.2) is 22.4 Å². The average molecular weight is 326 g/mol. The Morgan fingerprint density at radius 1 is 1.17 bits per heavy atom. The van der Waals surface area contributed by atoms with E-state index >= 15 is 0 Å². The van der Waals surface area contributed by atoms with E-state index in [4.69, 9.17) is 4.42 Å². The molecule has 1 N–H and O–H groups in total. The van der Waals surface area contributed by atoms with Gasteiger partial charge in [0.2, 0.25) is 5.91 Å². The van der Waals surface area contributed by atoms with Crippen LogP contribution in [0.2, 0.25) is 0 Å². The maximum Gasteiger partial charge on any atom is 0.257 e. The lowest BCUT2D eigenvalue weighted by atomic mass is 10.1. The van der Waals surface area contributed by atoms with Crippen molar-refractivity contribution in [3.63, 3.8) is 0 Å². The van der Waals surface area contributed by atoms with Gasteiger partial charge in [0.25, 0.3) is 5.22 Å². The molecule has 3 rings (SSSR count). The van der Waals surface area contributed by atoms with Gasteiger partial charge in [0, 0.05) is 11.3 Å². The standard InChI is InChI=1S/C17H14N2O3S/c1-11(20)12-5-4-6-13(9-12)18-16(21)10-23-17-19-14-7-2-3-8-15(14)22-17/h2-9H,10H2,1H3,(H,18,21). The van der Waals surface area contributed by atoms with Crippen LogP contribution in [0.15, 0.2) is 58.2 Å². The maximum absolute atomic E-state index is 12.0. The van der Waals surface area contributed by atoms with E-state index < -0.39 is 0 Å². The van der Waals surface area contributed by atoms with Crippen molar-refractivity contribution >= 4 is 40.2 Å². The van der Waals surface area contributed by atoms with E-state index in [1.54, 1.807) is 24.3 Å². The van der Waals surface area contributed by atoms with E-state index in [0.29, 0.717) is 22.1 Å². The highest BCUT2D eigenvalue weighted by Crippen LogP contribution is 2.23. The molecule has 116 valence electrons. The number of nitrogens with one attached hydrogen (secondary N) is 1. The molecule has 0 bridgehead atoms. The highest BCUT2D eigenvalue weighted by molar-refractivity contribution is 7.99. The minimum atomic E-state index is -0.182. The zero-order valence-corrected chi connectivity index (χ0v) is 13.2. The third-order valence-electron chi connectivity index (χ3n) is 3.15. The number of rotatable bonds is 5. The van der Waals surface area contributed by atoms with Crippen LogP contribution >= 0.6 is 11.8 Å². The predicted molar refractivity (Wildman–Crippen MR) is 89.8 cm³/mol. The minimum absolute atomic E-state index is 0.0399. The number of aromatic nitrogens is 1. The first-order valence-corrected chi connectivity index (χ1v) is 7.99. The van der Waals surface area contributed by atoms with Crippen molar-refractivity contribution in [1.82, 2.24) is 4.98 Å². The van der Waals surface area contributed by atoms with Gasteiger partial charge in [-0.25, -0.2) is 4.98 Å². The molecular formula is C17H14N2O3S. The van der Waals surface area contributed by atoms with Crippen LogP contribution in [-0.2, 0) is 4.79 Å². The molecule has 1 amide bonds. The quantitative estimate of drug-likeness (QED) is 0.571. The second-order valence-corrected chi connectivity index (χ2v) is 5.85. The second-order valence-electron chi connectivity index (χ2n) is 4.92. The molecule has 1 heterocycles. The number of hydrogen-bond donors (Lipinski definition) is 1. The summed E-state index contributed by atoms with van der Waals surface area (Å²) in [4.78, 5) is 27.6. The van der Waals surface area contributed by atoms with Crippen LogP contribution in [0.1, 0.15) is 17.3 Å². The van der Waals surface area contributed by atoms with Crippen molar-refractivity contribution in [1.29, 1.82) is 0 Å². The van der Waals surface area contributed by atoms with Crippen molar-refractivity contribution in [2.24, 2.45) is 0 Å². The van der Waals surface area contributed by atoms with Crippen molar-refractivity contribution in [3.05, 3.63) is 54.1 Å². The van der Waals surface area contributed by atoms with Crippen LogP contribution in [0, 0.1) is 0 Å². The van der Waals surface area contributed by atoms with Gasteiger partial charge in [-0.2, -0.15) is 0 Å². The number of carbonyl (C=O) groups is 2. The number of fused-ring (bicyclic) bond motifs is 1. The van der Waals surface area contributed by atoms with Crippen molar-refractivity contribution in [2.75, 3.05) is 11.1 Å². The lowest BCUT2D eigenvalue weighted by Crippen LogP contribution is -2.14. The molecule has 3 aromatic rings. The van der Waals surface area contributed by atoms with Gasteiger partial charge in [-0.15, -0.1) is 0 Å². The topological polar surface area (TPSA) is 72.2 Å². The first-order valence-electron chi connectivity index (χ1n) is 7.01. The van der Waals surface area contributed by atoms with Crippen molar-refractivity contribution in [2.45, 2.75) is 12.1 Å². The highest BCUT2D eigenvalue weighted by Gasteiger charge is 2.10. The summed E-state index contributed by atoms with van der Waals surface area (Å²) in [6.07, 6.45) is 0. The summed E-state index contributed by atoms with van der Waals surface area (Å²) >= 11 is 1.23. The third-order valence-corrected chi connectivity index (χ3v) is 3.98. The van der Waals surface area contributed by atoms with Crippen LogP contribution in [0.25, 0.3) is 11.1 Å². The van der Waals surface area contributed by atoms with E-state index in [0.717, 1.165) is 5.52 Å². The zero-order valence-electron chi connectivity index (χ0n) is 12.4. The van der Waals surface area contributed by atoms with E-state index in [-0.39, 0.29) is 17.4 Å². The molecule has 0 atom stereocenters. The normalized spacial score (nSPS) is 10.7. The molecule has 0 radical (unpaired) electrons. The van der Waals surface area contributed by atoms with Gasteiger partial charge >= 0.3 is 0 Å². The summed E-state index contributed by atoms with van der Waals surface area (Å²) in [5.74, 6) is -0.0446. The van der Waals surface area contributed by atoms with Crippen LogP contribution in [0.4, 0.5) is 5.69 Å². The van der Waals surface area contributed by atoms with E-state index in [2.05, 4.69) is 10.3 Å². The van der Waals surface area contributed by atoms with E-state index in [9.17, 15) is 9.59 Å². The molecule has 2 aromatic carbocycles. The SMILES string of the molecule is CC(=O)c1cccc(NC(=O)CSc2nc3ccccc3o2)c1. The Morgan fingerprint density at radius 2 is 2.00 bits per heavy atom. The van der Waals surface area contributed by atoms with Gasteiger partial charge in [-0.05, 0) is 31.2 Å². The number of ketones is 1. The molecule has 0 spiro atoms. The summed E-state index contributed by atoms with van der Waals surface area (Å²) < 4.78 is 5.55. The van der Waals surface area contributed by atoms with Gasteiger partial charge in [0.15, 0.2) is 11.4 Å². The molecule has 5 nitrogen and oxygen atoms in total. The van der Waals surface area contributed by atoms with Crippen LogP contribution in [0.3, 0.4) is 0 Å². The largest absolute Gasteiger partial charge is 0.431 e. The molecule has 23 heavy (non-hydrogen) atoms. The Labute approximate surface area is 137 Å². The molecule has 6 heteroatoms. The summed E-state index contributed by atoms with van der Waals surface area (Å²) in [5, 5.41) is 3.22. The Kier molecular flexibility index (Phi) is 4.43. The molecule has 0 aliphatic carbocycles. The monoisotopic (exact) mass is 326 g/mol. The number of nitrogens with zero attached hydrogens (tertiary/aromatic N) is 1. The molecule has 0 unspecified atom stereocenters. The molecular weight excluding hydrogens is 312 g/mol. The Balaban J connectivity index is 1.61. The summed E-state index contributed by atoms with van der Waals surface area (Å²) in [6.45, 7) is 1.49. The van der Waals surface area contributed by atoms with Crippen molar-refractivity contribution in [3.8, 4) is 0 Å². The number of thioether (sulfide) groups is 1. The Hall–Kier alpha value is -2.60. The lowest BCUT2D eigenvalue weighted by Gasteiger charge is -2.05. The highest BCUT2D eigenvalue weighted by atomic mass is 32.2. The Morgan fingerprint density at radius 3 is 2.78 bits per heavy atom. The van der Waals surface area contributed by atoms with Crippen LogP contribution in [0.5, 0.6) is 0 Å². The van der Waals surface area contributed by atoms with Gasteiger partial charge < -0.3 is 9.73 Å². The number of hydrogen-bond acceptors (Lipinski definition) is 5. The smallest absolute Gasteiger partial charge is 0.257 e. The number of carbonyl (C=O) groups excluding carboxylic acids is 2. The maximum atomic E-state index is 12.0. The van der Waals surface area contributed by atoms with Gasteiger partial charge in [-0.3, -0.25) is 9.59 Å². The lowest BCUT2D eigenvalue weighted by molar-refractivity contribution is -0.113. The first kappa shape index (κ1) is 15.3. The van der Waals surface area contributed by atoms with Gasteiger partial charge in [0.05, 0.1) is 5.75 Å². The Bertz CT molecular complexity index is 840. The molecule has 0 aliphatic rings. The van der Waals surface area contributed by atoms with Crippen LogP contribution < -0.4 is 5.32 Å². The predicted octanol–water partition coefficient (Wildman–Crippen LogP) is 3.76. The minimum Gasteiger partial charge on any atom is -0.431 e. The molecule has 0 saturated carbocycles. The second kappa shape index (κ2) is 6.66. The number of oxazole rings is 1. The fraction of sp³-hybridized carbons (Fsp3) is 0.118. The fourth-order valence-electron chi connectivity index (χ4n) is 2.05. The van der Waals surface area contributed by atoms with Gasteiger partial charge in [0.1, 0.15) is 5.52 Å².